The van der Waals surface area contributed by atoms with Crippen molar-refractivity contribution in [3.05, 3.63) is 0 Å². The zero-order valence-corrected chi connectivity index (χ0v) is 11.6. The maximum absolute atomic E-state index is 13.0. The third-order valence-corrected chi connectivity index (χ3v) is 4.48. The van der Waals surface area contributed by atoms with E-state index in [2.05, 4.69) is 38.1 Å². The van der Waals surface area contributed by atoms with Crippen LogP contribution in [-0.2, 0) is 0 Å². The van der Waals surface area contributed by atoms with Crippen molar-refractivity contribution in [3.8, 4) is 0 Å². The quantitative estimate of drug-likeness (QED) is 0.420. The van der Waals surface area contributed by atoms with E-state index in [1.807, 2.05) is 0 Å². The summed E-state index contributed by atoms with van der Waals surface area (Å²) >= 11 is 8.28. The van der Waals surface area contributed by atoms with Gasteiger partial charge >= 0.3 is 0 Å². The van der Waals surface area contributed by atoms with Gasteiger partial charge in [0, 0.05) is 32.5 Å². The molecule has 94 valence electrons. The van der Waals surface area contributed by atoms with Gasteiger partial charge in [-0.05, 0) is 0 Å². The summed E-state index contributed by atoms with van der Waals surface area (Å²) in [7, 11) is 0. The van der Waals surface area contributed by atoms with Crippen molar-refractivity contribution in [2.75, 3.05) is 19.6 Å². The minimum Gasteiger partial charge on any atom is -0.288 e. The van der Waals surface area contributed by atoms with Gasteiger partial charge in [-0.2, -0.15) is 0 Å². The van der Waals surface area contributed by atoms with Gasteiger partial charge in [0.2, 0.25) is 0 Å². The molecule has 0 bridgehead atoms. The van der Waals surface area contributed by atoms with Gasteiger partial charge in [-0.3, -0.25) is 15.5 Å². The average molecular weight is 366 g/mol. The van der Waals surface area contributed by atoms with Gasteiger partial charge in [0.25, 0.3) is 5.92 Å². The molecular formula is C9H15ClF2IN3. The fourth-order valence-corrected chi connectivity index (χ4v) is 3.24. The van der Waals surface area contributed by atoms with Gasteiger partial charge in [0.05, 0.1) is 10.1 Å². The molecule has 0 amide bonds. The van der Waals surface area contributed by atoms with E-state index in [1.54, 1.807) is 0 Å². The third kappa shape index (κ3) is 3.16. The van der Waals surface area contributed by atoms with E-state index in [9.17, 15) is 8.78 Å². The molecule has 2 N–H and O–H groups in total. The highest BCUT2D eigenvalue weighted by molar-refractivity contribution is 14.1. The smallest absolute Gasteiger partial charge is 0.250 e. The zero-order valence-electron chi connectivity index (χ0n) is 8.73. The van der Waals surface area contributed by atoms with Crippen molar-refractivity contribution in [2.45, 2.75) is 34.5 Å². The monoisotopic (exact) mass is 365 g/mol. The molecular weight excluding hydrogens is 350 g/mol. The number of halogens is 4. The Kier molecular flexibility index (Phi) is 4.27. The normalized spacial score (nSPS) is 40.9. The second-order valence-corrected chi connectivity index (χ2v) is 6.33. The Morgan fingerprint density at radius 3 is 2.56 bits per heavy atom. The molecule has 2 aliphatic heterocycles. The van der Waals surface area contributed by atoms with E-state index in [-0.39, 0.29) is 24.6 Å². The molecule has 0 radical (unpaired) electrons. The maximum atomic E-state index is 13.0. The lowest BCUT2D eigenvalue weighted by atomic mass is 10.1. The molecule has 3 atom stereocenters. The van der Waals surface area contributed by atoms with Crippen LogP contribution in [0.3, 0.4) is 0 Å². The molecule has 3 nitrogen and oxygen atoms in total. The summed E-state index contributed by atoms with van der Waals surface area (Å²) in [6, 6.07) is 0. The molecule has 2 rings (SSSR count). The molecule has 0 aromatic carbocycles. The van der Waals surface area contributed by atoms with Crippen LogP contribution in [-0.4, -0.2) is 46.2 Å². The lowest BCUT2D eigenvalue weighted by Crippen LogP contribution is -2.64. The van der Waals surface area contributed by atoms with Crippen LogP contribution >= 0.6 is 34.2 Å². The summed E-state index contributed by atoms with van der Waals surface area (Å²) < 4.78 is 26.4. The molecule has 0 saturated carbocycles. The Labute approximate surface area is 112 Å². The van der Waals surface area contributed by atoms with Crippen molar-refractivity contribution in [2.24, 2.45) is 0 Å². The summed E-state index contributed by atoms with van der Waals surface area (Å²) in [6.45, 7) is 1.68. The highest BCUT2D eigenvalue weighted by Crippen LogP contribution is 2.30. The Morgan fingerprint density at radius 2 is 1.94 bits per heavy atom. The number of nitrogens with one attached hydrogen (secondary N) is 2. The summed E-state index contributed by atoms with van der Waals surface area (Å²) in [5.74, 6) is -2.48. The molecule has 3 unspecified atom stereocenters. The number of nitrogens with zero attached hydrogens (tertiary/aromatic N) is 1. The number of hydrogen-bond donors (Lipinski definition) is 2. The molecule has 2 saturated heterocycles. The lowest BCUT2D eigenvalue weighted by Gasteiger charge is -2.43. The first kappa shape index (κ1) is 13.2. The summed E-state index contributed by atoms with van der Waals surface area (Å²) in [6.07, 6.45) is 0.00423. The lowest BCUT2D eigenvalue weighted by molar-refractivity contribution is -0.0672. The number of likely N-dealkylation sites (tertiary alicyclic amines) is 1. The average Bonchev–Trinajstić information content (AvgIpc) is 2.22. The van der Waals surface area contributed by atoms with Crippen molar-refractivity contribution in [3.63, 3.8) is 0 Å². The number of rotatable bonds is 1. The van der Waals surface area contributed by atoms with Crippen LogP contribution in [0.5, 0.6) is 0 Å². The van der Waals surface area contributed by atoms with Crippen molar-refractivity contribution >= 4 is 34.2 Å². The highest BCUT2D eigenvalue weighted by atomic mass is 127. The van der Waals surface area contributed by atoms with Crippen molar-refractivity contribution in [1.29, 1.82) is 0 Å². The Balaban J connectivity index is 1.92. The Morgan fingerprint density at radius 1 is 1.31 bits per heavy atom. The van der Waals surface area contributed by atoms with Crippen LogP contribution in [0.15, 0.2) is 0 Å². The fraction of sp³-hybridized carbons (Fsp3) is 1.00. The maximum Gasteiger partial charge on any atom is 0.250 e. The molecule has 0 aromatic rings. The molecule has 0 spiro atoms. The topological polar surface area (TPSA) is 27.3 Å². The van der Waals surface area contributed by atoms with Gasteiger partial charge in [-0.1, -0.05) is 34.2 Å². The first-order valence-electron chi connectivity index (χ1n) is 5.37. The predicted molar refractivity (Wildman–Crippen MR) is 68.1 cm³/mol. The Bertz CT molecular complexity index is 247. The van der Waals surface area contributed by atoms with Gasteiger partial charge in [0.1, 0.15) is 5.62 Å². The van der Waals surface area contributed by atoms with E-state index < -0.39 is 5.92 Å². The van der Waals surface area contributed by atoms with Gasteiger partial charge < -0.3 is 0 Å². The van der Waals surface area contributed by atoms with E-state index >= 15 is 0 Å². The van der Waals surface area contributed by atoms with Gasteiger partial charge in [0.15, 0.2) is 0 Å². The van der Waals surface area contributed by atoms with E-state index in [1.165, 1.54) is 0 Å². The van der Waals surface area contributed by atoms with Crippen LogP contribution in [0, 0.1) is 0 Å². The SMILES string of the molecule is FC1(F)CCN(C2NC(Cl)NCC2I)CC1. The second kappa shape index (κ2) is 5.17. The molecule has 16 heavy (non-hydrogen) atoms. The number of hydrogen-bond acceptors (Lipinski definition) is 3. The first-order chi connectivity index (χ1) is 7.48. The molecule has 7 heteroatoms. The van der Waals surface area contributed by atoms with Gasteiger partial charge in [-0.25, -0.2) is 8.78 Å². The third-order valence-electron chi connectivity index (χ3n) is 3.07. The second-order valence-electron chi connectivity index (χ2n) is 4.29. The van der Waals surface area contributed by atoms with Crippen LogP contribution in [0.2, 0.25) is 0 Å². The molecule has 2 heterocycles. The van der Waals surface area contributed by atoms with E-state index in [0.29, 0.717) is 17.0 Å². The summed E-state index contributed by atoms with van der Waals surface area (Å²) in [4.78, 5) is 2.07. The van der Waals surface area contributed by atoms with Crippen molar-refractivity contribution in [1.82, 2.24) is 15.5 Å². The van der Waals surface area contributed by atoms with Crippen LogP contribution in [0.1, 0.15) is 12.8 Å². The zero-order chi connectivity index (χ0) is 11.8. The van der Waals surface area contributed by atoms with Crippen LogP contribution < -0.4 is 10.6 Å². The van der Waals surface area contributed by atoms with E-state index in [4.69, 9.17) is 11.6 Å². The van der Waals surface area contributed by atoms with Gasteiger partial charge in [-0.15, -0.1) is 0 Å². The molecule has 2 aliphatic rings. The minimum absolute atomic E-state index is 0.0467. The fourth-order valence-electron chi connectivity index (χ4n) is 2.10. The summed E-state index contributed by atoms with van der Waals surface area (Å²) in [5, 5.41) is 6.28. The van der Waals surface area contributed by atoms with Crippen LogP contribution in [0.25, 0.3) is 0 Å². The Hall–Kier alpha value is 0.760. The van der Waals surface area contributed by atoms with E-state index in [0.717, 1.165) is 6.54 Å². The number of alkyl halides is 4. The van der Waals surface area contributed by atoms with Crippen molar-refractivity contribution < 1.29 is 8.78 Å². The first-order valence-corrected chi connectivity index (χ1v) is 7.06. The number of piperidine rings is 1. The highest BCUT2D eigenvalue weighted by Gasteiger charge is 2.39. The standard InChI is InChI=1S/C9H15ClF2IN3/c10-8-14-5-6(13)7(15-8)16-3-1-9(11,12)2-4-16/h6-8,14-15H,1-5H2. The molecule has 2 fully saturated rings. The van der Waals surface area contributed by atoms with Crippen LogP contribution in [0.4, 0.5) is 8.78 Å². The largest absolute Gasteiger partial charge is 0.288 e. The molecule has 0 aromatic heterocycles. The summed E-state index contributed by atoms with van der Waals surface area (Å²) in [5.41, 5.74) is -0.265. The molecule has 0 aliphatic carbocycles. The predicted octanol–water partition coefficient (Wildman–Crippen LogP) is 1.56. The minimum atomic E-state index is -2.48.